The van der Waals surface area contributed by atoms with E-state index in [1.165, 1.54) is 18.4 Å². The van der Waals surface area contributed by atoms with Crippen LogP contribution in [0.4, 0.5) is 4.39 Å². The molecule has 0 aliphatic rings. The summed E-state index contributed by atoms with van der Waals surface area (Å²) in [7, 11) is 3.58. The third kappa shape index (κ3) is 5.44. The van der Waals surface area contributed by atoms with E-state index in [-0.39, 0.29) is 30.1 Å². The lowest BCUT2D eigenvalue weighted by molar-refractivity contribution is -0.120. The number of halogens is 1. The van der Waals surface area contributed by atoms with E-state index in [1.54, 1.807) is 48.1 Å². The Bertz CT molecular complexity index is 1330. The van der Waals surface area contributed by atoms with E-state index >= 15 is 0 Å². The first-order chi connectivity index (χ1) is 16.3. The van der Waals surface area contributed by atoms with Gasteiger partial charge >= 0.3 is 0 Å². The number of amides is 1. The molecule has 0 saturated heterocycles. The molecule has 34 heavy (non-hydrogen) atoms. The second-order valence-electron chi connectivity index (χ2n) is 8.33. The predicted octanol–water partition coefficient (Wildman–Crippen LogP) is 2.89. The molecule has 1 amide bonds. The number of hydrogen-bond acceptors (Lipinski definition) is 6. The van der Waals surface area contributed by atoms with E-state index in [0.717, 1.165) is 5.56 Å². The second kappa shape index (κ2) is 10.1. The number of nitrogens with one attached hydrogen (secondary N) is 1. The van der Waals surface area contributed by atoms with Crippen molar-refractivity contribution in [2.45, 2.75) is 25.6 Å². The molecule has 0 aliphatic carbocycles. The van der Waals surface area contributed by atoms with Crippen molar-refractivity contribution in [1.82, 2.24) is 14.8 Å². The van der Waals surface area contributed by atoms with Crippen LogP contribution in [0.25, 0.3) is 11.1 Å². The minimum Gasteiger partial charge on any atom is -0.467 e. The summed E-state index contributed by atoms with van der Waals surface area (Å²) in [5, 5.41) is 13.4. The Morgan fingerprint density at radius 3 is 2.74 bits per heavy atom. The number of nitrogens with zero attached hydrogens (tertiary/aromatic N) is 2. The molecule has 0 spiro atoms. The second-order valence-corrected chi connectivity index (χ2v) is 8.33. The first kappa shape index (κ1) is 23.5. The molecule has 3 aromatic heterocycles. The summed E-state index contributed by atoms with van der Waals surface area (Å²) in [6.07, 6.45) is 2.24. The number of pyridine rings is 1. The largest absolute Gasteiger partial charge is 0.467 e. The van der Waals surface area contributed by atoms with Crippen LogP contribution in [-0.2, 0) is 31.4 Å². The van der Waals surface area contributed by atoms with Gasteiger partial charge < -0.3 is 23.8 Å². The van der Waals surface area contributed by atoms with E-state index in [1.807, 2.05) is 11.9 Å². The van der Waals surface area contributed by atoms with Crippen molar-refractivity contribution in [3.63, 3.8) is 0 Å². The molecular weight excluding hydrogens is 441 g/mol. The Balaban J connectivity index is 1.43. The Kier molecular flexibility index (Phi) is 6.95. The lowest BCUT2D eigenvalue weighted by Gasteiger charge is -2.18. The van der Waals surface area contributed by atoms with Gasteiger partial charge in [0.1, 0.15) is 23.4 Å². The van der Waals surface area contributed by atoms with Crippen molar-refractivity contribution in [2.24, 2.45) is 7.05 Å². The van der Waals surface area contributed by atoms with Gasteiger partial charge in [-0.1, -0.05) is 12.1 Å². The van der Waals surface area contributed by atoms with Crippen LogP contribution in [0, 0.1) is 5.82 Å². The molecule has 0 saturated carbocycles. The van der Waals surface area contributed by atoms with Gasteiger partial charge in [-0.05, 0) is 42.9 Å². The van der Waals surface area contributed by atoms with Crippen LogP contribution in [0.3, 0.4) is 0 Å². The van der Waals surface area contributed by atoms with Crippen molar-refractivity contribution in [2.75, 3.05) is 13.6 Å². The van der Waals surface area contributed by atoms with E-state index < -0.39 is 6.10 Å². The van der Waals surface area contributed by atoms with Gasteiger partial charge in [0.25, 0.3) is 0 Å². The molecule has 1 aromatic carbocycles. The highest BCUT2D eigenvalue weighted by Gasteiger charge is 2.18. The Morgan fingerprint density at radius 2 is 2.03 bits per heavy atom. The third-order valence-corrected chi connectivity index (χ3v) is 5.51. The first-order valence-corrected chi connectivity index (χ1v) is 10.8. The summed E-state index contributed by atoms with van der Waals surface area (Å²) >= 11 is 0. The summed E-state index contributed by atoms with van der Waals surface area (Å²) in [4.78, 5) is 27.3. The molecule has 8 nitrogen and oxygen atoms in total. The van der Waals surface area contributed by atoms with Crippen molar-refractivity contribution < 1.29 is 23.1 Å². The third-order valence-electron chi connectivity index (χ3n) is 5.51. The van der Waals surface area contributed by atoms with Crippen LogP contribution in [0.1, 0.15) is 28.8 Å². The maximum absolute atomic E-state index is 13.0. The van der Waals surface area contributed by atoms with E-state index in [2.05, 4.69) is 5.32 Å². The number of fused-ring (bicyclic) bond motifs is 1. The van der Waals surface area contributed by atoms with Crippen LogP contribution >= 0.6 is 0 Å². The quantitative estimate of drug-likeness (QED) is 0.393. The van der Waals surface area contributed by atoms with Gasteiger partial charge in [0.05, 0.1) is 24.6 Å². The number of carbonyl (C=O) groups is 1. The van der Waals surface area contributed by atoms with Gasteiger partial charge in [-0.2, -0.15) is 0 Å². The number of likely N-dealkylation sites (N-methyl/N-ethyl adjacent to an activating group) is 1. The molecule has 0 aliphatic heterocycles. The molecule has 4 aromatic rings. The van der Waals surface area contributed by atoms with Gasteiger partial charge in [-0.25, -0.2) is 4.39 Å². The van der Waals surface area contributed by atoms with E-state index in [0.29, 0.717) is 41.3 Å². The van der Waals surface area contributed by atoms with Crippen LogP contribution in [0.15, 0.2) is 68.6 Å². The fourth-order valence-corrected chi connectivity index (χ4v) is 3.82. The number of rotatable bonds is 9. The summed E-state index contributed by atoms with van der Waals surface area (Å²) in [6, 6.07) is 11.0. The van der Waals surface area contributed by atoms with Crippen LogP contribution in [0.5, 0.6) is 0 Å². The van der Waals surface area contributed by atoms with Crippen molar-refractivity contribution >= 4 is 17.0 Å². The maximum atomic E-state index is 13.0. The highest BCUT2D eigenvalue weighted by Crippen LogP contribution is 2.20. The number of aryl methyl sites for hydroxylation is 1. The van der Waals surface area contributed by atoms with Gasteiger partial charge in [0, 0.05) is 31.9 Å². The van der Waals surface area contributed by atoms with Crippen molar-refractivity contribution in [1.29, 1.82) is 0 Å². The highest BCUT2D eigenvalue weighted by molar-refractivity contribution is 5.81. The number of furan rings is 2. The molecule has 0 radical (unpaired) electrons. The van der Waals surface area contributed by atoms with E-state index in [9.17, 15) is 19.1 Å². The average Bonchev–Trinajstić information content (AvgIpc) is 3.47. The minimum atomic E-state index is -0.782. The standard InChI is InChI=1S/C25H26FN3O5/c1-28(15-21(30)22-4-3-9-33-22)14-19-11-20-24(32)17(13-29(2)25(20)34-19)10-23(31)27-12-16-5-7-18(26)8-6-16/h3-9,11,13,21,30H,10,12,14-15H2,1-2H3,(H,27,31)/t21-/m1/s1. The van der Waals surface area contributed by atoms with Crippen LogP contribution < -0.4 is 10.7 Å². The van der Waals surface area contributed by atoms with Crippen LogP contribution in [-0.4, -0.2) is 34.1 Å². The molecular formula is C25H26FN3O5. The van der Waals surface area contributed by atoms with E-state index in [4.69, 9.17) is 8.83 Å². The zero-order chi connectivity index (χ0) is 24.2. The lowest BCUT2D eigenvalue weighted by Crippen LogP contribution is -2.27. The molecule has 2 N–H and O–H groups in total. The van der Waals surface area contributed by atoms with Crippen molar-refractivity contribution in [3.8, 4) is 0 Å². The molecule has 3 heterocycles. The number of carbonyl (C=O) groups excluding carboxylic acids is 1. The maximum Gasteiger partial charge on any atom is 0.224 e. The normalized spacial score (nSPS) is 12.4. The molecule has 178 valence electrons. The topological polar surface area (TPSA) is 101 Å². The Labute approximate surface area is 195 Å². The number of aliphatic hydroxyl groups is 1. The van der Waals surface area contributed by atoms with Gasteiger partial charge in [0.15, 0.2) is 5.43 Å². The lowest BCUT2D eigenvalue weighted by atomic mass is 10.1. The van der Waals surface area contributed by atoms with Gasteiger partial charge in [-0.3, -0.25) is 14.5 Å². The Hall–Kier alpha value is -3.69. The molecule has 0 fully saturated rings. The SMILES string of the molecule is CN(Cc1cc2c(=O)c(CC(=O)NCc3ccc(F)cc3)cn(C)c2o1)C[C@@H](O)c1ccco1. The van der Waals surface area contributed by atoms with Crippen LogP contribution in [0.2, 0.25) is 0 Å². The zero-order valence-electron chi connectivity index (χ0n) is 19.0. The molecule has 0 unspecified atom stereocenters. The summed E-state index contributed by atoms with van der Waals surface area (Å²) in [5.74, 6) is 0.393. The minimum absolute atomic E-state index is 0.0838. The molecule has 1 atom stereocenters. The number of aliphatic hydroxyl groups excluding tert-OH is 1. The first-order valence-electron chi connectivity index (χ1n) is 10.8. The summed E-state index contributed by atoms with van der Waals surface area (Å²) in [5.41, 5.74) is 1.26. The molecule has 0 bridgehead atoms. The summed E-state index contributed by atoms with van der Waals surface area (Å²) < 4.78 is 25.8. The van der Waals surface area contributed by atoms with Gasteiger partial charge in [0.2, 0.25) is 11.6 Å². The molecule has 9 heteroatoms. The Morgan fingerprint density at radius 1 is 1.26 bits per heavy atom. The van der Waals surface area contributed by atoms with Crippen molar-refractivity contribution in [3.05, 3.63) is 93.6 Å². The average molecular weight is 467 g/mol. The predicted molar refractivity (Wildman–Crippen MR) is 123 cm³/mol. The summed E-state index contributed by atoms with van der Waals surface area (Å²) in [6.45, 7) is 0.938. The fraction of sp³-hybridized carbons (Fsp3) is 0.280. The van der Waals surface area contributed by atoms with Gasteiger partial charge in [-0.15, -0.1) is 0 Å². The fourth-order valence-electron chi connectivity index (χ4n) is 3.82. The monoisotopic (exact) mass is 467 g/mol. The number of benzene rings is 1. The molecule has 4 rings (SSSR count). The number of hydrogen-bond donors (Lipinski definition) is 2. The number of aromatic nitrogens is 1. The zero-order valence-corrected chi connectivity index (χ0v) is 19.0. The highest BCUT2D eigenvalue weighted by atomic mass is 19.1. The smallest absolute Gasteiger partial charge is 0.224 e.